The number of imide groups is 1. The lowest BCUT2D eigenvalue weighted by molar-refractivity contribution is -0.140. The minimum absolute atomic E-state index is 0.138. The Kier molecular flexibility index (Phi) is 4.81. The van der Waals surface area contributed by atoms with Gasteiger partial charge in [-0.05, 0) is 55.9 Å². The third-order valence-corrected chi connectivity index (χ3v) is 6.34. The molecule has 7 heteroatoms. The number of hydrogen-bond donors (Lipinski definition) is 0. The molecule has 2 heterocycles. The third kappa shape index (κ3) is 3.30. The average molecular weight is 418 g/mol. The van der Waals surface area contributed by atoms with Crippen LogP contribution in [0.5, 0.6) is 0 Å². The molecule has 2 aromatic rings. The van der Waals surface area contributed by atoms with Crippen molar-refractivity contribution < 1.29 is 23.5 Å². The van der Waals surface area contributed by atoms with Crippen LogP contribution in [0.15, 0.2) is 58.1 Å². The Morgan fingerprint density at radius 2 is 1.71 bits per heavy atom. The molecule has 1 aromatic heterocycles. The molecule has 4 unspecified atom stereocenters. The molecule has 2 bridgehead atoms. The van der Waals surface area contributed by atoms with Crippen LogP contribution in [0.3, 0.4) is 0 Å². The van der Waals surface area contributed by atoms with Gasteiger partial charge in [0, 0.05) is 5.56 Å². The van der Waals surface area contributed by atoms with Gasteiger partial charge in [-0.3, -0.25) is 9.59 Å². The first-order chi connectivity index (χ1) is 15.1. The van der Waals surface area contributed by atoms with Crippen LogP contribution in [0.2, 0.25) is 0 Å². The van der Waals surface area contributed by atoms with E-state index in [0.717, 1.165) is 23.4 Å². The quantitative estimate of drug-likeness (QED) is 0.320. The minimum atomic E-state index is -0.370. The number of nitrogens with zero attached hydrogens (tertiary/aromatic N) is 2. The Labute approximate surface area is 179 Å². The number of ether oxygens (including phenoxy) is 1. The largest absolute Gasteiger partial charge is 0.462 e. The first kappa shape index (κ1) is 19.5. The fourth-order valence-electron chi connectivity index (χ4n) is 4.85. The van der Waals surface area contributed by atoms with E-state index >= 15 is 0 Å². The van der Waals surface area contributed by atoms with Gasteiger partial charge >= 0.3 is 5.97 Å². The highest BCUT2D eigenvalue weighted by Crippen LogP contribution is 2.49. The molecule has 1 aliphatic heterocycles. The topological polar surface area (TPSA) is 89.2 Å². The van der Waals surface area contributed by atoms with Crippen molar-refractivity contribution in [2.75, 3.05) is 6.61 Å². The number of allylic oxidation sites excluding steroid dienone is 2. The van der Waals surface area contributed by atoms with Gasteiger partial charge in [-0.25, -0.2) is 4.79 Å². The second-order valence-electron chi connectivity index (χ2n) is 8.07. The van der Waals surface area contributed by atoms with Crippen LogP contribution in [0, 0.1) is 23.7 Å². The zero-order valence-corrected chi connectivity index (χ0v) is 17.1. The summed E-state index contributed by atoms with van der Waals surface area (Å²) in [5.74, 6) is -0.0625. The number of hydrogen-bond acceptors (Lipinski definition) is 6. The second-order valence-corrected chi connectivity index (χ2v) is 8.07. The monoisotopic (exact) mass is 418 g/mol. The van der Waals surface area contributed by atoms with Gasteiger partial charge in [0.25, 0.3) is 11.8 Å². The summed E-state index contributed by atoms with van der Waals surface area (Å²) in [6, 6.07) is 10.4. The van der Waals surface area contributed by atoms with E-state index in [-0.39, 0.29) is 41.5 Å². The Bertz CT molecular complexity index is 1070. The normalized spacial score (nSPS) is 26.7. The first-order valence-corrected chi connectivity index (χ1v) is 10.5. The Morgan fingerprint density at radius 1 is 1.06 bits per heavy atom. The molecule has 3 aliphatic carbocycles. The van der Waals surface area contributed by atoms with Crippen LogP contribution < -0.4 is 0 Å². The lowest BCUT2D eigenvalue weighted by Crippen LogP contribution is -2.38. The van der Waals surface area contributed by atoms with Gasteiger partial charge < -0.3 is 9.15 Å². The molecule has 4 aliphatic rings. The second kappa shape index (κ2) is 7.65. The molecule has 2 fully saturated rings. The summed E-state index contributed by atoms with van der Waals surface area (Å²) in [5, 5.41) is 5.19. The molecule has 158 valence electrons. The summed E-state index contributed by atoms with van der Waals surface area (Å²) in [6.07, 6.45) is 7.48. The van der Waals surface area contributed by atoms with Gasteiger partial charge in [0.15, 0.2) is 0 Å². The molecule has 1 saturated heterocycles. The maximum atomic E-state index is 12.8. The van der Waals surface area contributed by atoms with Crippen molar-refractivity contribution in [2.24, 2.45) is 28.8 Å². The van der Waals surface area contributed by atoms with E-state index in [4.69, 9.17) is 9.15 Å². The summed E-state index contributed by atoms with van der Waals surface area (Å²) in [7, 11) is 0. The van der Waals surface area contributed by atoms with Gasteiger partial charge in [0.05, 0.1) is 30.2 Å². The van der Waals surface area contributed by atoms with E-state index in [1.165, 1.54) is 6.21 Å². The number of furan rings is 1. The maximum Gasteiger partial charge on any atom is 0.338 e. The Balaban J connectivity index is 1.30. The molecule has 2 amide bonds. The zero-order chi connectivity index (χ0) is 21.5. The summed E-state index contributed by atoms with van der Waals surface area (Å²) < 4.78 is 10.8. The molecule has 6 rings (SSSR count). The van der Waals surface area contributed by atoms with E-state index < -0.39 is 0 Å². The number of fused-ring (bicyclic) bond motifs is 1. The van der Waals surface area contributed by atoms with E-state index in [2.05, 4.69) is 17.3 Å². The highest BCUT2D eigenvalue weighted by atomic mass is 16.5. The molecule has 7 nitrogen and oxygen atoms in total. The number of hydrazone groups is 1. The molecule has 0 radical (unpaired) electrons. The van der Waals surface area contributed by atoms with Crippen LogP contribution in [-0.4, -0.2) is 35.6 Å². The standard InChI is InChI=1S/C24H22N2O5/c1-2-30-24(29)17-9-3-14(4-10-17)19-12-11-18(31-19)13-25-26-22(27)20-15-5-6-16(8-7-15)21(20)23(26)28/h3-6,9-13,15-16,20-21H,2,7-8H2,1H3. The molecule has 0 spiro atoms. The Hall–Kier alpha value is -3.48. The van der Waals surface area contributed by atoms with Crippen molar-refractivity contribution in [1.82, 2.24) is 5.01 Å². The van der Waals surface area contributed by atoms with Crippen LogP contribution in [-0.2, 0) is 14.3 Å². The van der Waals surface area contributed by atoms with Crippen molar-refractivity contribution >= 4 is 24.0 Å². The number of benzene rings is 1. The van der Waals surface area contributed by atoms with Crippen molar-refractivity contribution in [3.8, 4) is 11.3 Å². The van der Waals surface area contributed by atoms with Crippen molar-refractivity contribution in [3.63, 3.8) is 0 Å². The van der Waals surface area contributed by atoms with Gasteiger partial charge in [0.1, 0.15) is 11.5 Å². The van der Waals surface area contributed by atoms with E-state index in [1.54, 1.807) is 43.3 Å². The fourth-order valence-corrected chi connectivity index (χ4v) is 4.85. The van der Waals surface area contributed by atoms with Gasteiger partial charge in [-0.1, -0.05) is 24.3 Å². The summed E-state index contributed by atoms with van der Waals surface area (Å²) in [4.78, 5) is 37.4. The smallest absolute Gasteiger partial charge is 0.338 e. The van der Waals surface area contributed by atoms with Crippen LogP contribution >= 0.6 is 0 Å². The predicted molar refractivity (Wildman–Crippen MR) is 112 cm³/mol. The summed E-state index contributed by atoms with van der Waals surface area (Å²) in [6.45, 7) is 2.08. The molecule has 31 heavy (non-hydrogen) atoms. The van der Waals surface area contributed by atoms with Crippen molar-refractivity contribution in [3.05, 3.63) is 59.9 Å². The number of carbonyl (C=O) groups is 3. The van der Waals surface area contributed by atoms with E-state index in [9.17, 15) is 14.4 Å². The number of rotatable bonds is 5. The molecule has 0 N–H and O–H groups in total. The Morgan fingerprint density at radius 3 is 2.29 bits per heavy atom. The van der Waals surface area contributed by atoms with Crippen molar-refractivity contribution in [2.45, 2.75) is 19.8 Å². The van der Waals surface area contributed by atoms with Gasteiger partial charge in [-0.2, -0.15) is 10.1 Å². The van der Waals surface area contributed by atoms with E-state index in [1.807, 2.05) is 0 Å². The minimum Gasteiger partial charge on any atom is -0.462 e. The average Bonchev–Trinajstić information content (AvgIpc) is 3.38. The molecule has 1 aromatic carbocycles. The molecular formula is C24H22N2O5. The molecule has 1 saturated carbocycles. The lowest BCUT2D eigenvalue weighted by Gasteiger charge is -2.37. The van der Waals surface area contributed by atoms with Crippen LogP contribution in [0.4, 0.5) is 0 Å². The predicted octanol–water partition coefficient (Wildman–Crippen LogP) is 3.65. The maximum absolute atomic E-state index is 12.8. The highest BCUT2D eigenvalue weighted by molar-refractivity contribution is 6.06. The van der Waals surface area contributed by atoms with Gasteiger partial charge in [-0.15, -0.1) is 0 Å². The number of esters is 1. The van der Waals surface area contributed by atoms with Crippen molar-refractivity contribution in [1.29, 1.82) is 0 Å². The van der Waals surface area contributed by atoms with Crippen LogP contribution in [0.25, 0.3) is 11.3 Å². The van der Waals surface area contributed by atoms with Gasteiger partial charge in [0.2, 0.25) is 0 Å². The SMILES string of the molecule is CCOC(=O)c1ccc(-c2ccc(C=NN3C(=O)C4C5C=CC(CC5)C4C3=O)o2)cc1. The highest BCUT2D eigenvalue weighted by Gasteiger charge is 2.56. The summed E-state index contributed by atoms with van der Waals surface area (Å²) in [5.41, 5.74) is 1.25. The first-order valence-electron chi connectivity index (χ1n) is 10.5. The lowest BCUT2D eigenvalue weighted by atomic mass is 9.63. The number of carbonyl (C=O) groups excluding carboxylic acids is 3. The molecule has 4 atom stereocenters. The van der Waals surface area contributed by atoms with E-state index in [0.29, 0.717) is 23.7 Å². The van der Waals surface area contributed by atoms with Crippen LogP contribution in [0.1, 0.15) is 35.9 Å². The fraction of sp³-hybridized carbons (Fsp3) is 0.333. The summed E-state index contributed by atoms with van der Waals surface area (Å²) >= 11 is 0. The number of amides is 2. The molecular weight excluding hydrogens is 396 g/mol. The zero-order valence-electron chi connectivity index (χ0n) is 17.1. The third-order valence-electron chi connectivity index (χ3n) is 6.34.